The molecule has 0 bridgehead atoms. The van der Waals surface area contributed by atoms with Crippen LogP contribution in [0.5, 0.6) is 11.5 Å². The number of nitrogens with zero attached hydrogens (tertiary/aromatic N) is 2. The van der Waals surface area contributed by atoms with E-state index in [4.69, 9.17) is 14.2 Å². The van der Waals surface area contributed by atoms with Gasteiger partial charge in [-0.15, -0.1) is 0 Å². The number of halogens is 1. The fourth-order valence-electron chi connectivity index (χ4n) is 3.11. The van der Waals surface area contributed by atoms with Gasteiger partial charge in [0.2, 0.25) is 9.84 Å². The largest absolute Gasteiger partial charge is 0.490 e. The minimum Gasteiger partial charge on any atom is -0.490 e. The third kappa shape index (κ3) is 6.35. The Morgan fingerprint density at radius 2 is 1.85 bits per heavy atom. The van der Waals surface area contributed by atoms with Crippen LogP contribution in [0.4, 0.5) is 0 Å². The Balaban J connectivity index is 1.82. The highest BCUT2D eigenvalue weighted by Gasteiger charge is 2.21. The number of carbonyl (C=O) groups excluding carboxylic acids is 1. The van der Waals surface area contributed by atoms with E-state index in [0.717, 1.165) is 4.47 Å². The molecule has 1 saturated heterocycles. The molecule has 3 rings (SSSR count). The first-order valence-corrected chi connectivity index (χ1v) is 12.5. The van der Waals surface area contributed by atoms with Crippen molar-refractivity contribution < 1.29 is 27.4 Å². The van der Waals surface area contributed by atoms with E-state index in [1.165, 1.54) is 18.2 Å². The van der Waals surface area contributed by atoms with Crippen molar-refractivity contribution in [2.24, 2.45) is 0 Å². The number of benzene rings is 2. The Morgan fingerprint density at radius 3 is 2.48 bits per heavy atom. The van der Waals surface area contributed by atoms with Gasteiger partial charge in [0.15, 0.2) is 18.1 Å². The molecule has 1 amide bonds. The summed E-state index contributed by atoms with van der Waals surface area (Å²) in [7, 11) is -3.99. The number of amides is 1. The highest BCUT2D eigenvalue weighted by molar-refractivity contribution is 9.10. The van der Waals surface area contributed by atoms with Crippen LogP contribution in [0.15, 0.2) is 56.7 Å². The summed E-state index contributed by atoms with van der Waals surface area (Å²) in [5.74, 6) is 0.543. The Morgan fingerprint density at radius 1 is 1.15 bits per heavy atom. The molecule has 0 atom stereocenters. The molecule has 0 saturated carbocycles. The van der Waals surface area contributed by atoms with Gasteiger partial charge in [-0.05, 0) is 55.0 Å². The van der Waals surface area contributed by atoms with Crippen LogP contribution in [0.3, 0.4) is 0 Å². The van der Waals surface area contributed by atoms with Crippen LogP contribution in [0, 0.1) is 11.3 Å². The summed E-state index contributed by atoms with van der Waals surface area (Å²) in [5.41, 5.74) is 0.447. The lowest BCUT2D eigenvalue weighted by Gasteiger charge is -2.26. The van der Waals surface area contributed by atoms with Gasteiger partial charge in [-0.1, -0.05) is 22.0 Å². The fourth-order valence-corrected chi connectivity index (χ4v) is 4.53. The quantitative estimate of drug-likeness (QED) is 0.477. The second-order valence-corrected chi connectivity index (χ2v) is 9.83. The first kappa shape index (κ1) is 24.8. The average Bonchev–Trinajstić information content (AvgIpc) is 2.82. The van der Waals surface area contributed by atoms with Crippen LogP contribution in [-0.2, 0) is 19.4 Å². The number of morpholine rings is 1. The second kappa shape index (κ2) is 11.3. The monoisotopic (exact) mass is 534 g/mol. The molecular formula is C23H23BrN2O6S. The Bertz CT molecular complexity index is 1170. The molecule has 0 aliphatic carbocycles. The first-order chi connectivity index (χ1) is 15.8. The van der Waals surface area contributed by atoms with Crippen molar-refractivity contribution in [1.82, 2.24) is 4.90 Å². The summed E-state index contributed by atoms with van der Waals surface area (Å²) in [6, 6.07) is 12.6. The minimum absolute atomic E-state index is 0.0186. The van der Waals surface area contributed by atoms with Gasteiger partial charge in [0.25, 0.3) is 5.91 Å². The number of allylic oxidation sites excluding steroid dienone is 1. The van der Waals surface area contributed by atoms with Crippen LogP contribution in [-0.4, -0.2) is 58.7 Å². The smallest absolute Gasteiger partial charge is 0.260 e. The molecule has 0 radical (unpaired) electrons. The maximum atomic E-state index is 12.9. The summed E-state index contributed by atoms with van der Waals surface area (Å²) in [4.78, 5) is 13.6. The normalized spacial score (nSPS) is 14.5. The number of hydrogen-bond acceptors (Lipinski definition) is 7. The van der Waals surface area contributed by atoms with Crippen molar-refractivity contribution in [3.8, 4) is 17.6 Å². The molecule has 33 heavy (non-hydrogen) atoms. The van der Waals surface area contributed by atoms with E-state index in [0.29, 0.717) is 50.0 Å². The highest BCUT2D eigenvalue weighted by atomic mass is 79.9. The lowest BCUT2D eigenvalue weighted by Crippen LogP contribution is -2.43. The first-order valence-electron chi connectivity index (χ1n) is 10.2. The number of carbonyl (C=O) groups is 1. The van der Waals surface area contributed by atoms with Crippen LogP contribution in [0.1, 0.15) is 12.5 Å². The lowest BCUT2D eigenvalue weighted by molar-refractivity contribution is -0.137. The highest BCUT2D eigenvalue weighted by Crippen LogP contribution is 2.31. The van der Waals surface area contributed by atoms with Crippen molar-refractivity contribution in [1.29, 1.82) is 5.26 Å². The Kier molecular flexibility index (Phi) is 8.49. The lowest BCUT2D eigenvalue weighted by atomic mass is 10.2. The zero-order valence-electron chi connectivity index (χ0n) is 18.0. The van der Waals surface area contributed by atoms with E-state index in [9.17, 15) is 18.5 Å². The van der Waals surface area contributed by atoms with E-state index < -0.39 is 14.7 Å². The van der Waals surface area contributed by atoms with Gasteiger partial charge >= 0.3 is 0 Å². The molecule has 1 heterocycles. The molecule has 1 aliphatic heterocycles. The molecule has 1 fully saturated rings. The topological polar surface area (TPSA) is 106 Å². The van der Waals surface area contributed by atoms with Crippen molar-refractivity contribution in [3.05, 3.63) is 57.4 Å². The van der Waals surface area contributed by atoms with Gasteiger partial charge in [-0.25, -0.2) is 8.42 Å². The maximum absolute atomic E-state index is 12.9. The predicted molar refractivity (Wildman–Crippen MR) is 125 cm³/mol. The fraction of sp³-hybridized carbons (Fsp3) is 0.304. The van der Waals surface area contributed by atoms with E-state index in [-0.39, 0.29) is 17.4 Å². The molecule has 2 aromatic rings. The van der Waals surface area contributed by atoms with Crippen molar-refractivity contribution in [2.75, 3.05) is 39.5 Å². The number of nitriles is 1. The van der Waals surface area contributed by atoms with Crippen LogP contribution in [0.2, 0.25) is 0 Å². The van der Waals surface area contributed by atoms with Gasteiger partial charge < -0.3 is 19.1 Å². The molecule has 174 valence electrons. The summed E-state index contributed by atoms with van der Waals surface area (Å²) in [5, 5.41) is 9.52. The Hall–Kier alpha value is -2.87. The van der Waals surface area contributed by atoms with Gasteiger partial charge in [0.05, 0.1) is 24.7 Å². The molecule has 1 aliphatic rings. The van der Waals surface area contributed by atoms with Crippen molar-refractivity contribution >= 4 is 37.8 Å². The minimum atomic E-state index is -3.99. The third-order valence-electron chi connectivity index (χ3n) is 4.80. The predicted octanol–water partition coefficient (Wildman–Crippen LogP) is 3.42. The summed E-state index contributed by atoms with van der Waals surface area (Å²) < 4.78 is 43.0. The number of sulfone groups is 1. The summed E-state index contributed by atoms with van der Waals surface area (Å²) in [6.07, 6.45) is 1.28. The van der Waals surface area contributed by atoms with Gasteiger partial charge in [0.1, 0.15) is 11.0 Å². The molecular weight excluding hydrogens is 512 g/mol. The standard InChI is InChI=1S/C23H23BrN2O6S/c1-2-31-22-14-17(3-8-21(22)32-16-23(27)26-9-11-30-12-10-26)13-20(15-25)33(28,29)19-6-4-18(24)5-7-19/h3-8,13-14H,2,9-12,16H2,1H3. The average molecular weight is 535 g/mol. The molecule has 0 aromatic heterocycles. The summed E-state index contributed by atoms with van der Waals surface area (Å²) >= 11 is 3.26. The van der Waals surface area contributed by atoms with Crippen molar-refractivity contribution in [3.63, 3.8) is 0 Å². The van der Waals surface area contributed by atoms with E-state index in [2.05, 4.69) is 15.9 Å². The number of rotatable bonds is 8. The van der Waals surface area contributed by atoms with Crippen molar-refractivity contribution in [2.45, 2.75) is 11.8 Å². The second-order valence-electron chi connectivity index (χ2n) is 7.00. The molecule has 0 unspecified atom stereocenters. The van der Waals surface area contributed by atoms with Gasteiger partial charge in [-0.2, -0.15) is 5.26 Å². The molecule has 8 nitrogen and oxygen atoms in total. The maximum Gasteiger partial charge on any atom is 0.260 e. The van der Waals surface area contributed by atoms with E-state index in [1.807, 2.05) is 0 Å². The van der Waals surface area contributed by atoms with E-state index >= 15 is 0 Å². The summed E-state index contributed by atoms with van der Waals surface area (Å²) in [6.45, 7) is 4.02. The van der Waals surface area contributed by atoms with Crippen LogP contribution >= 0.6 is 15.9 Å². The van der Waals surface area contributed by atoms with Gasteiger partial charge in [0, 0.05) is 17.6 Å². The van der Waals surface area contributed by atoms with Crippen LogP contribution < -0.4 is 9.47 Å². The zero-order valence-corrected chi connectivity index (χ0v) is 20.4. The zero-order chi connectivity index (χ0) is 23.8. The molecule has 2 aromatic carbocycles. The third-order valence-corrected chi connectivity index (χ3v) is 7.01. The van der Waals surface area contributed by atoms with E-state index in [1.54, 1.807) is 48.2 Å². The molecule has 10 heteroatoms. The molecule has 0 N–H and O–H groups in total. The van der Waals surface area contributed by atoms with Gasteiger partial charge in [-0.3, -0.25) is 4.79 Å². The number of hydrogen-bond donors (Lipinski definition) is 0. The van der Waals surface area contributed by atoms with Crippen LogP contribution in [0.25, 0.3) is 6.08 Å². The SMILES string of the molecule is CCOc1cc(C=C(C#N)S(=O)(=O)c2ccc(Br)cc2)ccc1OCC(=O)N1CCOCC1. The number of ether oxygens (including phenoxy) is 3. The Labute approximate surface area is 201 Å². The molecule has 0 spiro atoms.